The molecule has 0 aliphatic rings. The van der Waals surface area contributed by atoms with E-state index in [1.165, 1.54) is 0 Å². The van der Waals surface area contributed by atoms with E-state index in [0.29, 0.717) is 29.8 Å². The van der Waals surface area contributed by atoms with Crippen LogP contribution in [-0.2, 0) is 13.1 Å². The molecule has 106 valence electrons. The maximum atomic E-state index is 7.54. The number of nitrogens with two attached hydrogens (primary N) is 1. The van der Waals surface area contributed by atoms with E-state index in [4.69, 9.17) is 11.1 Å². The highest BCUT2D eigenvalue weighted by atomic mass is 15.0. The molecule has 0 atom stereocenters. The fraction of sp³-hybridized carbons (Fsp3) is 0.154. The fourth-order valence-electron chi connectivity index (χ4n) is 1.97. The van der Waals surface area contributed by atoms with Crippen LogP contribution in [0.5, 0.6) is 0 Å². The van der Waals surface area contributed by atoms with Crippen molar-refractivity contribution in [2.45, 2.75) is 13.1 Å². The van der Waals surface area contributed by atoms with Gasteiger partial charge in [-0.15, -0.1) is 0 Å². The van der Waals surface area contributed by atoms with Gasteiger partial charge in [0.05, 0.1) is 13.1 Å². The van der Waals surface area contributed by atoms with Gasteiger partial charge in [0.2, 0.25) is 0 Å². The van der Waals surface area contributed by atoms with Crippen LogP contribution in [0.1, 0.15) is 17.2 Å². The molecule has 0 aliphatic carbocycles. The number of aromatic nitrogens is 5. The molecule has 3 heterocycles. The summed E-state index contributed by atoms with van der Waals surface area (Å²) in [6.07, 6.45) is 5.01. The lowest BCUT2D eigenvalue weighted by atomic mass is 10.2. The lowest BCUT2D eigenvalue weighted by molar-refractivity contribution is 0.644. The minimum absolute atomic E-state index is 0.0221. The molecule has 0 saturated heterocycles. The van der Waals surface area contributed by atoms with Crippen LogP contribution < -0.4 is 11.1 Å². The van der Waals surface area contributed by atoms with Gasteiger partial charge in [0.25, 0.3) is 0 Å². The first-order valence-electron chi connectivity index (χ1n) is 6.38. The van der Waals surface area contributed by atoms with E-state index in [1.807, 2.05) is 0 Å². The lowest BCUT2D eigenvalue weighted by Gasteiger charge is -2.00. The molecule has 0 saturated carbocycles. The molecule has 0 unspecified atom stereocenters. The number of H-pyrrole nitrogens is 1. The largest absolute Gasteiger partial charge is 0.384 e. The molecule has 21 heavy (non-hydrogen) atoms. The SMILES string of the molecule is N=C(N)c1ccnc2[nH]c(CNCc3ncccn3)nc12. The first-order valence-corrected chi connectivity index (χ1v) is 6.38. The number of nitrogen functional groups attached to an aromatic ring is 1. The highest BCUT2D eigenvalue weighted by Gasteiger charge is 2.10. The summed E-state index contributed by atoms with van der Waals surface area (Å²) in [6, 6.07) is 3.46. The summed E-state index contributed by atoms with van der Waals surface area (Å²) in [5.41, 5.74) is 7.34. The molecule has 0 amide bonds. The normalized spacial score (nSPS) is 10.9. The standard InChI is InChI=1S/C13H14N8/c14-12(15)8-2-5-19-13-11(8)20-10(21-13)7-16-6-9-17-3-1-4-18-9/h1-5,16H,6-7H2,(H3,14,15)(H,19,20,21). The van der Waals surface area contributed by atoms with Gasteiger partial charge >= 0.3 is 0 Å². The summed E-state index contributed by atoms with van der Waals surface area (Å²) >= 11 is 0. The Morgan fingerprint density at radius 3 is 2.76 bits per heavy atom. The molecule has 0 fully saturated rings. The fourth-order valence-corrected chi connectivity index (χ4v) is 1.97. The topological polar surface area (TPSA) is 129 Å². The molecule has 3 rings (SSSR count). The summed E-state index contributed by atoms with van der Waals surface area (Å²) < 4.78 is 0. The summed E-state index contributed by atoms with van der Waals surface area (Å²) in [4.78, 5) is 20.0. The van der Waals surface area contributed by atoms with Crippen molar-refractivity contribution >= 4 is 17.0 Å². The van der Waals surface area contributed by atoms with E-state index in [-0.39, 0.29) is 5.84 Å². The molecule has 0 spiro atoms. The molecule has 3 aromatic heterocycles. The Kier molecular flexibility index (Phi) is 3.52. The van der Waals surface area contributed by atoms with Gasteiger partial charge in [0, 0.05) is 24.2 Å². The van der Waals surface area contributed by atoms with Crippen molar-refractivity contribution in [1.29, 1.82) is 5.41 Å². The molecule has 0 bridgehead atoms. The van der Waals surface area contributed by atoms with Crippen LogP contribution in [0.2, 0.25) is 0 Å². The maximum Gasteiger partial charge on any atom is 0.158 e. The number of aromatic amines is 1. The van der Waals surface area contributed by atoms with Crippen LogP contribution in [0.3, 0.4) is 0 Å². The zero-order chi connectivity index (χ0) is 14.7. The van der Waals surface area contributed by atoms with Gasteiger partial charge in [-0.25, -0.2) is 19.9 Å². The predicted molar refractivity (Wildman–Crippen MR) is 77.5 cm³/mol. The van der Waals surface area contributed by atoms with Crippen molar-refractivity contribution in [3.8, 4) is 0 Å². The Bertz CT molecular complexity index is 764. The van der Waals surface area contributed by atoms with Crippen molar-refractivity contribution < 1.29 is 0 Å². The second kappa shape index (κ2) is 5.63. The van der Waals surface area contributed by atoms with Crippen molar-refractivity contribution in [2.75, 3.05) is 0 Å². The quantitative estimate of drug-likeness (QED) is 0.394. The number of nitrogens with one attached hydrogen (secondary N) is 3. The van der Waals surface area contributed by atoms with Gasteiger partial charge in [-0.1, -0.05) is 0 Å². The Morgan fingerprint density at radius 2 is 2.00 bits per heavy atom. The maximum absolute atomic E-state index is 7.54. The third kappa shape index (κ3) is 2.84. The number of rotatable bonds is 5. The summed E-state index contributed by atoms with van der Waals surface area (Å²) in [5.74, 6) is 1.42. The monoisotopic (exact) mass is 282 g/mol. The molecule has 3 aromatic rings. The number of nitrogens with zero attached hydrogens (tertiary/aromatic N) is 4. The van der Waals surface area contributed by atoms with Crippen LogP contribution in [0.4, 0.5) is 0 Å². The van der Waals surface area contributed by atoms with Gasteiger partial charge in [-0.2, -0.15) is 0 Å². The molecular formula is C13H14N8. The lowest BCUT2D eigenvalue weighted by Crippen LogP contribution is -2.15. The van der Waals surface area contributed by atoms with Gasteiger partial charge in [0.15, 0.2) is 5.65 Å². The van der Waals surface area contributed by atoms with E-state index in [0.717, 1.165) is 11.6 Å². The van der Waals surface area contributed by atoms with E-state index >= 15 is 0 Å². The third-order valence-corrected chi connectivity index (χ3v) is 2.92. The zero-order valence-electron chi connectivity index (χ0n) is 11.2. The Labute approximate surface area is 120 Å². The average molecular weight is 282 g/mol. The van der Waals surface area contributed by atoms with Crippen LogP contribution in [0, 0.1) is 5.41 Å². The summed E-state index contributed by atoms with van der Waals surface area (Å²) in [6.45, 7) is 1.07. The number of amidine groups is 1. The molecule has 8 heteroatoms. The minimum atomic E-state index is -0.0221. The van der Waals surface area contributed by atoms with E-state index in [9.17, 15) is 0 Å². The van der Waals surface area contributed by atoms with Crippen LogP contribution in [-0.4, -0.2) is 30.8 Å². The average Bonchev–Trinajstić information content (AvgIpc) is 2.90. The minimum Gasteiger partial charge on any atom is -0.384 e. The molecule has 0 aliphatic heterocycles. The Hall–Kier alpha value is -2.87. The number of hydrogen-bond donors (Lipinski definition) is 4. The van der Waals surface area contributed by atoms with Crippen molar-refractivity contribution in [2.24, 2.45) is 5.73 Å². The third-order valence-electron chi connectivity index (χ3n) is 2.92. The van der Waals surface area contributed by atoms with Gasteiger partial charge in [0.1, 0.15) is 23.0 Å². The van der Waals surface area contributed by atoms with E-state index in [1.54, 1.807) is 30.7 Å². The predicted octanol–water partition coefficient (Wildman–Crippen LogP) is 0.322. The van der Waals surface area contributed by atoms with Crippen LogP contribution in [0.15, 0.2) is 30.7 Å². The molecule has 0 radical (unpaired) electrons. The van der Waals surface area contributed by atoms with Crippen molar-refractivity contribution in [3.63, 3.8) is 0 Å². The molecular weight excluding hydrogens is 268 g/mol. The number of pyridine rings is 1. The number of hydrogen-bond acceptors (Lipinski definition) is 6. The first kappa shape index (κ1) is 13.1. The first-order chi connectivity index (χ1) is 10.2. The van der Waals surface area contributed by atoms with Crippen molar-refractivity contribution in [1.82, 2.24) is 30.2 Å². The highest BCUT2D eigenvalue weighted by Crippen LogP contribution is 2.13. The Balaban J connectivity index is 1.73. The number of imidazole rings is 1. The van der Waals surface area contributed by atoms with E-state index in [2.05, 4.69) is 30.2 Å². The van der Waals surface area contributed by atoms with Crippen LogP contribution >= 0.6 is 0 Å². The second-order valence-electron chi connectivity index (χ2n) is 4.42. The van der Waals surface area contributed by atoms with Gasteiger partial charge < -0.3 is 16.0 Å². The van der Waals surface area contributed by atoms with Gasteiger partial charge in [-0.3, -0.25) is 5.41 Å². The van der Waals surface area contributed by atoms with Crippen LogP contribution in [0.25, 0.3) is 11.2 Å². The smallest absolute Gasteiger partial charge is 0.158 e. The second-order valence-corrected chi connectivity index (χ2v) is 4.42. The highest BCUT2D eigenvalue weighted by molar-refractivity contribution is 6.04. The molecule has 0 aromatic carbocycles. The molecule has 8 nitrogen and oxygen atoms in total. The van der Waals surface area contributed by atoms with E-state index < -0.39 is 0 Å². The molecule has 5 N–H and O–H groups in total. The zero-order valence-corrected chi connectivity index (χ0v) is 11.2. The summed E-state index contributed by atoms with van der Waals surface area (Å²) in [7, 11) is 0. The number of fused-ring (bicyclic) bond motifs is 1. The van der Waals surface area contributed by atoms with Gasteiger partial charge in [-0.05, 0) is 12.1 Å². The van der Waals surface area contributed by atoms with Crippen molar-refractivity contribution in [3.05, 3.63) is 47.9 Å². The Morgan fingerprint density at radius 1 is 1.19 bits per heavy atom. The summed E-state index contributed by atoms with van der Waals surface area (Å²) in [5, 5.41) is 10.7.